The lowest BCUT2D eigenvalue weighted by Crippen LogP contribution is -2.06. The first kappa shape index (κ1) is 13.3. The van der Waals surface area contributed by atoms with Crippen LogP contribution in [0.5, 0.6) is 0 Å². The van der Waals surface area contributed by atoms with E-state index in [-0.39, 0.29) is 0 Å². The topological polar surface area (TPSA) is 75.9 Å². The molecule has 0 aliphatic carbocycles. The molecule has 0 atom stereocenters. The zero-order chi connectivity index (χ0) is 13.7. The van der Waals surface area contributed by atoms with Crippen LogP contribution in [0.1, 0.15) is 30.4 Å². The Kier molecular flexibility index (Phi) is 4.33. The third kappa shape index (κ3) is 3.43. The molecular weight excluding hydrogens is 242 g/mol. The van der Waals surface area contributed by atoms with Crippen molar-refractivity contribution < 1.29 is 4.52 Å². The molecule has 0 saturated carbocycles. The van der Waals surface area contributed by atoms with Crippen LogP contribution in [0.4, 0.5) is 11.6 Å². The largest absolute Gasteiger partial charge is 0.370 e. The van der Waals surface area contributed by atoms with Gasteiger partial charge in [-0.25, -0.2) is 9.97 Å². The number of aryl methyl sites for hydroxylation is 2. The summed E-state index contributed by atoms with van der Waals surface area (Å²) in [4.78, 5) is 8.36. The highest BCUT2D eigenvalue weighted by Crippen LogP contribution is 2.15. The zero-order valence-electron chi connectivity index (χ0n) is 11.5. The summed E-state index contributed by atoms with van der Waals surface area (Å²) < 4.78 is 5.13. The molecular formula is C13H19N5O. The second kappa shape index (κ2) is 6.17. The third-order valence-electron chi connectivity index (χ3n) is 2.85. The Morgan fingerprint density at radius 2 is 1.89 bits per heavy atom. The summed E-state index contributed by atoms with van der Waals surface area (Å²) in [6.45, 7) is 7.50. The van der Waals surface area contributed by atoms with Gasteiger partial charge in [-0.2, -0.15) is 0 Å². The summed E-state index contributed by atoms with van der Waals surface area (Å²) in [6, 6.07) is 1.90. The van der Waals surface area contributed by atoms with E-state index in [0.717, 1.165) is 41.6 Å². The Balaban J connectivity index is 1.99. The Hall–Kier alpha value is -2.11. The molecule has 6 heteroatoms. The Morgan fingerprint density at radius 3 is 2.53 bits per heavy atom. The zero-order valence-corrected chi connectivity index (χ0v) is 11.5. The number of rotatable bonds is 6. The SMILES string of the molecule is CCCNc1cc(NCc2c(C)noc2C)ncn1. The second-order valence-electron chi connectivity index (χ2n) is 4.37. The molecule has 102 valence electrons. The molecule has 0 amide bonds. The highest BCUT2D eigenvalue weighted by Gasteiger charge is 2.08. The van der Waals surface area contributed by atoms with Gasteiger partial charge in [0.1, 0.15) is 23.7 Å². The minimum absolute atomic E-state index is 0.644. The molecule has 0 fully saturated rings. The predicted octanol–water partition coefficient (Wildman–Crippen LogP) is 2.52. The first-order chi connectivity index (χ1) is 9.20. The molecule has 0 aliphatic heterocycles. The van der Waals surface area contributed by atoms with E-state index >= 15 is 0 Å². The number of nitrogens with zero attached hydrogens (tertiary/aromatic N) is 3. The maximum atomic E-state index is 5.13. The van der Waals surface area contributed by atoms with Crippen molar-refractivity contribution in [3.8, 4) is 0 Å². The molecule has 0 saturated heterocycles. The van der Waals surface area contributed by atoms with E-state index in [9.17, 15) is 0 Å². The molecule has 6 nitrogen and oxygen atoms in total. The molecule has 19 heavy (non-hydrogen) atoms. The lowest BCUT2D eigenvalue weighted by Gasteiger charge is -2.07. The van der Waals surface area contributed by atoms with E-state index in [4.69, 9.17) is 4.52 Å². The molecule has 2 heterocycles. The van der Waals surface area contributed by atoms with Crippen LogP contribution in [-0.2, 0) is 6.54 Å². The fourth-order valence-corrected chi connectivity index (χ4v) is 1.74. The number of hydrogen-bond donors (Lipinski definition) is 2. The smallest absolute Gasteiger partial charge is 0.138 e. The highest BCUT2D eigenvalue weighted by atomic mass is 16.5. The van der Waals surface area contributed by atoms with E-state index in [1.165, 1.54) is 0 Å². The molecule has 0 unspecified atom stereocenters. The van der Waals surface area contributed by atoms with Crippen LogP contribution in [-0.4, -0.2) is 21.7 Å². The van der Waals surface area contributed by atoms with Crippen molar-refractivity contribution >= 4 is 11.6 Å². The van der Waals surface area contributed by atoms with E-state index < -0.39 is 0 Å². The molecule has 0 radical (unpaired) electrons. The lowest BCUT2D eigenvalue weighted by molar-refractivity contribution is 0.392. The number of anilines is 2. The van der Waals surface area contributed by atoms with E-state index in [1.54, 1.807) is 6.33 Å². The number of hydrogen-bond acceptors (Lipinski definition) is 6. The quantitative estimate of drug-likeness (QED) is 0.832. The lowest BCUT2D eigenvalue weighted by atomic mass is 10.2. The van der Waals surface area contributed by atoms with Crippen LogP contribution in [0.25, 0.3) is 0 Å². The third-order valence-corrected chi connectivity index (χ3v) is 2.85. The monoisotopic (exact) mass is 261 g/mol. The van der Waals surface area contributed by atoms with Gasteiger partial charge in [-0.3, -0.25) is 0 Å². The van der Waals surface area contributed by atoms with Crippen molar-refractivity contribution in [1.29, 1.82) is 0 Å². The normalized spacial score (nSPS) is 10.5. The maximum Gasteiger partial charge on any atom is 0.138 e. The molecule has 0 aliphatic rings. The highest BCUT2D eigenvalue weighted by molar-refractivity contribution is 5.46. The van der Waals surface area contributed by atoms with Crippen molar-refractivity contribution in [3.05, 3.63) is 29.4 Å². The minimum Gasteiger partial charge on any atom is -0.370 e. The van der Waals surface area contributed by atoms with Gasteiger partial charge in [0, 0.05) is 24.7 Å². The summed E-state index contributed by atoms with van der Waals surface area (Å²) >= 11 is 0. The van der Waals surface area contributed by atoms with Crippen molar-refractivity contribution in [1.82, 2.24) is 15.1 Å². The molecule has 2 aromatic rings. The average Bonchev–Trinajstić information content (AvgIpc) is 2.74. The first-order valence-corrected chi connectivity index (χ1v) is 6.42. The van der Waals surface area contributed by atoms with Gasteiger partial charge in [0.2, 0.25) is 0 Å². The van der Waals surface area contributed by atoms with Crippen molar-refractivity contribution in [3.63, 3.8) is 0 Å². The van der Waals surface area contributed by atoms with Crippen LogP contribution in [0.3, 0.4) is 0 Å². The van der Waals surface area contributed by atoms with E-state index in [0.29, 0.717) is 6.54 Å². The van der Waals surface area contributed by atoms with Gasteiger partial charge < -0.3 is 15.2 Å². The summed E-state index contributed by atoms with van der Waals surface area (Å²) in [5.74, 6) is 2.45. The summed E-state index contributed by atoms with van der Waals surface area (Å²) in [5, 5.41) is 10.4. The Bertz CT molecular complexity index is 518. The number of nitrogens with one attached hydrogen (secondary N) is 2. The van der Waals surface area contributed by atoms with E-state index in [1.807, 2.05) is 19.9 Å². The summed E-state index contributed by atoms with van der Waals surface area (Å²) in [5.41, 5.74) is 1.98. The van der Waals surface area contributed by atoms with Gasteiger partial charge in [-0.15, -0.1) is 0 Å². The van der Waals surface area contributed by atoms with Gasteiger partial charge in [0.15, 0.2) is 0 Å². The van der Waals surface area contributed by atoms with Crippen LogP contribution in [0, 0.1) is 13.8 Å². The average molecular weight is 261 g/mol. The van der Waals surface area contributed by atoms with Crippen LogP contribution >= 0.6 is 0 Å². The molecule has 0 bridgehead atoms. The molecule has 2 N–H and O–H groups in total. The van der Waals surface area contributed by atoms with Crippen LogP contribution in [0.2, 0.25) is 0 Å². The van der Waals surface area contributed by atoms with Gasteiger partial charge >= 0.3 is 0 Å². The molecule has 0 aromatic carbocycles. The fraction of sp³-hybridized carbons (Fsp3) is 0.462. The van der Waals surface area contributed by atoms with Crippen LogP contribution in [0.15, 0.2) is 16.9 Å². The van der Waals surface area contributed by atoms with E-state index in [2.05, 4.69) is 32.7 Å². The first-order valence-electron chi connectivity index (χ1n) is 6.42. The standard InChI is InChI=1S/C13H19N5O/c1-4-5-14-12-6-13(17-8-16-12)15-7-11-9(2)18-19-10(11)3/h6,8H,4-5,7H2,1-3H3,(H2,14,15,16,17). The Morgan fingerprint density at radius 1 is 1.16 bits per heavy atom. The van der Waals surface area contributed by atoms with Crippen molar-refractivity contribution in [2.45, 2.75) is 33.7 Å². The maximum absolute atomic E-state index is 5.13. The molecule has 2 rings (SSSR count). The van der Waals surface area contributed by atoms with Crippen LogP contribution < -0.4 is 10.6 Å². The minimum atomic E-state index is 0.644. The second-order valence-corrected chi connectivity index (χ2v) is 4.37. The van der Waals surface area contributed by atoms with Gasteiger partial charge in [-0.05, 0) is 20.3 Å². The van der Waals surface area contributed by atoms with Gasteiger partial charge in [-0.1, -0.05) is 12.1 Å². The predicted molar refractivity (Wildman–Crippen MR) is 74.1 cm³/mol. The summed E-state index contributed by atoms with van der Waals surface area (Å²) in [7, 11) is 0. The van der Waals surface area contributed by atoms with Gasteiger partial charge in [0.05, 0.1) is 5.69 Å². The van der Waals surface area contributed by atoms with Crippen molar-refractivity contribution in [2.75, 3.05) is 17.2 Å². The van der Waals surface area contributed by atoms with Crippen molar-refractivity contribution in [2.24, 2.45) is 0 Å². The molecule has 0 spiro atoms. The molecule has 2 aromatic heterocycles. The number of aromatic nitrogens is 3. The summed E-state index contributed by atoms with van der Waals surface area (Å²) in [6.07, 6.45) is 2.61. The Labute approximate surface area is 112 Å². The van der Waals surface area contributed by atoms with Gasteiger partial charge in [0.25, 0.3) is 0 Å². The fourth-order valence-electron chi connectivity index (χ4n) is 1.74.